The Labute approximate surface area is 119 Å². The molecule has 3 rings (SSSR count). The van der Waals surface area contributed by atoms with Crippen LogP contribution in [-0.4, -0.2) is 33.9 Å². The Bertz CT molecular complexity index is 601. The van der Waals surface area contributed by atoms with E-state index in [4.69, 9.17) is 4.98 Å². The number of hydrogen-bond acceptors (Lipinski definition) is 3. The van der Waals surface area contributed by atoms with Crippen LogP contribution in [0.1, 0.15) is 38.1 Å². The first-order valence-electron chi connectivity index (χ1n) is 7.48. The van der Waals surface area contributed by atoms with E-state index in [2.05, 4.69) is 35.0 Å². The number of aliphatic hydroxyl groups excluding tert-OH is 1. The maximum Gasteiger partial charge on any atom is 0.109 e. The van der Waals surface area contributed by atoms with Gasteiger partial charge in [0.2, 0.25) is 0 Å². The Morgan fingerprint density at radius 1 is 1.45 bits per heavy atom. The van der Waals surface area contributed by atoms with Gasteiger partial charge in [0.05, 0.1) is 17.6 Å². The highest BCUT2D eigenvalue weighted by molar-refractivity contribution is 5.76. The first-order chi connectivity index (χ1) is 9.73. The van der Waals surface area contributed by atoms with Crippen molar-refractivity contribution in [3.63, 3.8) is 0 Å². The Balaban J connectivity index is 2.02. The molecule has 2 unspecified atom stereocenters. The van der Waals surface area contributed by atoms with Gasteiger partial charge in [0, 0.05) is 18.0 Å². The van der Waals surface area contributed by atoms with Crippen molar-refractivity contribution < 1.29 is 5.11 Å². The van der Waals surface area contributed by atoms with E-state index in [0.29, 0.717) is 6.04 Å². The van der Waals surface area contributed by atoms with Crippen LogP contribution in [0.25, 0.3) is 11.0 Å². The van der Waals surface area contributed by atoms with Crippen LogP contribution >= 0.6 is 0 Å². The van der Waals surface area contributed by atoms with E-state index >= 15 is 0 Å². The molecule has 2 aromatic rings. The average molecular weight is 273 g/mol. The minimum absolute atomic E-state index is 0.124. The van der Waals surface area contributed by atoms with Gasteiger partial charge in [-0.05, 0) is 38.4 Å². The summed E-state index contributed by atoms with van der Waals surface area (Å²) in [7, 11) is 1.95. The summed E-state index contributed by atoms with van der Waals surface area (Å²) in [5.41, 5.74) is 2.18. The molecule has 0 aliphatic heterocycles. The normalized spacial score (nSPS) is 26.4. The van der Waals surface area contributed by atoms with Gasteiger partial charge in [0.1, 0.15) is 5.82 Å². The van der Waals surface area contributed by atoms with Gasteiger partial charge in [0.15, 0.2) is 0 Å². The fourth-order valence-corrected chi connectivity index (χ4v) is 3.52. The minimum Gasteiger partial charge on any atom is -0.394 e. The number of imidazole rings is 1. The fraction of sp³-hybridized carbons (Fsp3) is 0.562. The van der Waals surface area contributed by atoms with E-state index in [1.165, 1.54) is 5.52 Å². The van der Waals surface area contributed by atoms with E-state index < -0.39 is 0 Å². The summed E-state index contributed by atoms with van der Waals surface area (Å²) in [5.74, 6) is 1.15. The van der Waals surface area contributed by atoms with Crippen molar-refractivity contribution >= 4 is 11.0 Å². The molecule has 1 saturated carbocycles. The number of para-hydroxylation sites is 2. The predicted molar refractivity (Wildman–Crippen MR) is 80.9 cm³/mol. The molecular weight excluding hydrogens is 250 g/mol. The summed E-state index contributed by atoms with van der Waals surface area (Å²) >= 11 is 0. The number of rotatable bonds is 4. The zero-order valence-corrected chi connectivity index (χ0v) is 12.3. The number of likely N-dealkylation sites (N-methyl/N-ethyl adjacent to an activating group) is 1. The summed E-state index contributed by atoms with van der Waals surface area (Å²) < 4.78 is 2.39. The summed E-state index contributed by atoms with van der Waals surface area (Å²) in [5, 5.41) is 13.0. The molecule has 2 N–H and O–H groups in total. The van der Waals surface area contributed by atoms with Crippen LogP contribution in [0.4, 0.5) is 0 Å². The molecule has 0 radical (unpaired) electrons. The summed E-state index contributed by atoms with van der Waals surface area (Å²) in [6, 6.07) is 8.78. The maximum absolute atomic E-state index is 9.68. The number of benzene rings is 1. The first kappa shape index (κ1) is 13.6. The second-order valence-electron chi connectivity index (χ2n) is 5.83. The maximum atomic E-state index is 9.68. The predicted octanol–water partition coefficient (Wildman–Crippen LogP) is 2.27. The SMILES string of the molecule is CCc1nc2ccccc2n1C1CCC(CO)(NC)C1. The molecule has 1 heterocycles. The van der Waals surface area contributed by atoms with Gasteiger partial charge < -0.3 is 15.0 Å². The standard InChI is InChI=1S/C16H23N3O/c1-3-15-18-13-6-4-5-7-14(13)19(15)12-8-9-16(10-12,11-20)17-2/h4-7,12,17,20H,3,8-11H2,1-2H3. The lowest BCUT2D eigenvalue weighted by Crippen LogP contribution is -2.44. The van der Waals surface area contributed by atoms with Crippen molar-refractivity contribution in [2.75, 3.05) is 13.7 Å². The van der Waals surface area contributed by atoms with Gasteiger partial charge in [0.25, 0.3) is 0 Å². The molecule has 1 aromatic carbocycles. The molecule has 4 nitrogen and oxygen atoms in total. The molecule has 0 amide bonds. The molecule has 108 valence electrons. The number of aliphatic hydroxyl groups is 1. The highest BCUT2D eigenvalue weighted by Crippen LogP contribution is 2.39. The van der Waals surface area contributed by atoms with Gasteiger partial charge in [-0.1, -0.05) is 19.1 Å². The van der Waals surface area contributed by atoms with Crippen LogP contribution in [0.5, 0.6) is 0 Å². The number of aryl methyl sites for hydroxylation is 1. The highest BCUT2D eigenvalue weighted by Gasteiger charge is 2.39. The van der Waals surface area contributed by atoms with Crippen LogP contribution in [0, 0.1) is 0 Å². The van der Waals surface area contributed by atoms with Crippen LogP contribution in [0.2, 0.25) is 0 Å². The van der Waals surface area contributed by atoms with Gasteiger partial charge >= 0.3 is 0 Å². The Hall–Kier alpha value is -1.39. The monoisotopic (exact) mass is 273 g/mol. The average Bonchev–Trinajstić information content (AvgIpc) is 3.08. The molecule has 2 atom stereocenters. The van der Waals surface area contributed by atoms with Crippen molar-refractivity contribution in [3.8, 4) is 0 Å². The third-order valence-electron chi connectivity index (χ3n) is 4.77. The molecule has 1 aromatic heterocycles. The van der Waals surface area contributed by atoms with Crippen LogP contribution < -0.4 is 5.32 Å². The second kappa shape index (κ2) is 5.19. The first-order valence-corrected chi connectivity index (χ1v) is 7.48. The van der Waals surface area contributed by atoms with Gasteiger partial charge in [-0.3, -0.25) is 0 Å². The van der Waals surface area contributed by atoms with Gasteiger partial charge in [-0.2, -0.15) is 0 Å². The fourth-order valence-electron chi connectivity index (χ4n) is 3.52. The molecule has 0 spiro atoms. The zero-order valence-electron chi connectivity index (χ0n) is 12.3. The number of hydrogen-bond donors (Lipinski definition) is 2. The van der Waals surface area contributed by atoms with Gasteiger partial charge in [-0.25, -0.2) is 4.98 Å². The number of nitrogens with one attached hydrogen (secondary N) is 1. The molecule has 20 heavy (non-hydrogen) atoms. The topological polar surface area (TPSA) is 50.1 Å². The lowest BCUT2D eigenvalue weighted by atomic mass is 9.99. The number of nitrogens with zero attached hydrogens (tertiary/aromatic N) is 2. The zero-order chi connectivity index (χ0) is 14.2. The number of fused-ring (bicyclic) bond motifs is 1. The van der Waals surface area contributed by atoms with E-state index in [9.17, 15) is 5.11 Å². The van der Waals surface area contributed by atoms with Crippen molar-refractivity contribution in [1.29, 1.82) is 0 Å². The Kier molecular flexibility index (Phi) is 3.52. The highest BCUT2D eigenvalue weighted by atomic mass is 16.3. The molecule has 0 saturated heterocycles. The molecular formula is C16H23N3O. The Morgan fingerprint density at radius 2 is 2.25 bits per heavy atom. The van der Waals surface area contributed by atoms with Crippen LogP contribution in [0.15, 0.2) is 24.3 Å². The minimum atomic E-state index is -0.124. The van der Waals surface area contributed by atoms with Gasteiger partial charge in [-0.15, -0.1) is 0 Å². The van der Waals surface area contributed by atoms with Crippen LogP contribution in [0.3, 0.4) is 0 Å². The third-order valence-corrected chi connectivity index (χ3v) is 4.77. The molecule has 1 fully saturated rings. The lowest BCUT2D eigenvalue weighted by molar-refractivity contribution is 0.169. The van der Waals surface area contributed by atoms with Crippen molar-refractivity contribution in [2.45, 2.75) is 44.2 Å². The molecule has 1 aliphatic carbocycles. The van der Waals surface area contributed by atoms with E-state index in [0.717, 1.165) is 37.0 Å². The number of aromatic nitrogens is 2. The lowest BCUT2D eigenvalue weighted by Gasteiger charge is -2.27. The summed E-state index contributed by atoms with van der Waals surface area (Å²) in [4.78, 5) is 4.76. The summed E-state index contributed by atoms with van der Waals surface area (Å²) in [6.07, 6.45) is 4.01. The van der Waals surface area contributed by atoms with Crippen molar-refractivity contribution in [2.24, 2.45) is 0 Å². The van der Waals surface area contributed by atoms with E-state index in [-0.39, 0.29) is 12.1 Å². The molecule has 1 aliphatic rings. The van der Waals surface area contributed by atoms with E-state index in [1.54, 1.807) is 0 Å². The quantitative estimate of drug-likeness (QED) is 0.898. The summed E-state index contributed by atoms with van der Waals surface area (Å²) in [6.45, 7) is 2.36. The van der Waals surface area contributed by atoms with Crippen molar-refractivity contribution in [3.05, 3.63) is 30.1 Å². The molecule has 4 heteroatoms. The largest absolute Gasteiger partial charge is 0.394 e. The second-order valence-corrected chi connectivity index (χ2v) is 5.83. The smallest absolute Gasteiger partial charge is 0.109 e. The van der Waals surface area contributed by atoms with E-state index in [1.807, 2.05) is 13.1 Å². The third kappa shape index (κ3) is 2.03. The molecule has 0 bridgehead atoms. The van der Waals surface area contributed by atoms with Crippen LogP contribution in [-0.2, 0) is 6.42 Å². The van der Waals surface area contributed by atoms with Crippen molar-refractivity contribution in [1.82, 2.24) is 14.9 Å². The Morgan fingerprint density at radius 3 is 2.90 bits per heavy atom.